The first kappa shape index (κ1) is 13.7. The Balaban J connectivity index is 1.31. The van der Waals surface area contributed by atoms with Crippen LogP contribution in [0.3, 0.4) is 0 Å². The molecule has 4 fully saturated rings. The lowest BCUT2D eigenvalue weighted by atomic mass is 9.91. The van der Waals surface area contributed by atoms with E-state index in [1.165, 1.54) is 30.6 Å². The van der Waals surface area contributed by atoms with Gasteiger partial charge in [-0.25, -0.2) is 0 Å². The van der Waals surface area contributed by atoms with E-state index in [4.69, 9.17) is 0 Å². The van der Waals surface area contributed by atoms with Crippen LogP contribution in [0.15, 0.2) is 0 Å². The van der Waals surface area contributed by atoms with Crippen LogP contribution in [0.25, 0.3) is 0 Å². The third-order valence-electron chi connectivity index (χ3n) is 5.94. The number of likely N-dealkylation sites (tertiary alicyclic amines) is 1. The molecule has 1 aliphatic carbocycles. The van der Waals surface area contributed by atoms with E-state index in [9.17, 15) is 9.59 Å². The van der Waals surface area contributed by atoms with Crippen LogP contribution >= 0.6 is 0 Å². The number of hydrogen-bond donors (Lipinski definition) is 1. The van der Waals surface area contributed by atoms with Gasteiger partial charge in [-0.1, -0.05) is 0 Å². The van der Waals surface area contributed by atoms with Crippen LogP contribution in [0, 0.1) is 5.92 Å². The van der Waals surface area contributed by atoms with Crippen LogP contribution in [0.1, 0.15) is 44.9 Å². The second-order valence-electron chi connectivity index (χ2n) is 7.39. The summed E-state index contributed by atoms with van der Waals surface area (Å²) in [4.78, 5) is 28.3. The Hall–Kier alpha value is -0.940. The van der Waals surface area contributed by atoms with Crippen molar-refractivity contribution < 1.29 is 9.59 Å². The molecule has 0 aromatic rings. The Kier molecular flexibility index (Phi) is 3.30. The number of rotatable bonds is 4. The molecule has 5 nitrogen and oxygen atoms in total. The van der Waals surface area contributed by atoms with Gasteiger partial charge in [0.15, 0.2) is 0 Å². The predicted octanol–water partition coefficient (Wildman–Crippen LogP) is 0.739. The van der Waals surface area contributed by atoms with E-state index in [1.54, 1.807) is 0 Å². The summed E-state index contributed by atoms with van der Waals surface area (Å²) in [5.74, 6) is 0.721. The zero-order valence-corrected chi connectivity index (χ0v) is 12.8. The fraction of sp³-hybridized carbons (Fsp3) is 0.875. The maximum atomic E-state index is 12.3. The monoisotopic (exact) mass is 291 g/mol. The van der Waals surface area contributed by atoms with Gasteiger partial charge < -0.3 is 10.2 Å². The van der Waals surface area contributed by atoms with Crippen molar-refractivity contribution >= 4 is 11.8 Å². The molecule has 3 atom stereocenters. The fourth-order valence-electron chi connectivity index (χ4n) is 4.53. The predicted molar refractivity (Wildman–Crippen MR) is 78.6 cm³/mol. The van der Waals surface area contributed by atoms with E-state index in [-0.39, 0.29) is 23.9 Å². The summed E-state index contributed by atoms with van der Waals surface area (Å²) in [5.41, 5.74) is 0. The molecule has 21 heavy (non-hydrogen) atoms. The molecular formula is C16H25N3O2. The minimum absolute atomic E-state index is 0.0263. The van der Waals surface area contributed by atoms with Gasteiger partial charge in [0.2, 0.25) is 11.8 Å². The molecule has 1 saturated carbocycles. The van der Waals surface area contributed by atoms with Gasteiger partial charge in [-0.3, -0.25) is 14.5 Å². The molecule has 0 aromatic heterocycles. The van der Waals surface area contributed by atoms with Crippen LogP contribution in [-0.4, -0.2) is 59.4 Å². The highest BCUT2D eigenvalue weighted by atomic mass is 16.2. The summed E-state index contributed by atoms with van der Waals surface area (Å²) in [7, 11) is 2.25. The molecule has 3 saturated heterocycles. The number of piperidine rings is 1. The van der Waals surface area contributed by atoms with Gasteiger partial charge in [0.1, 0.15) is 0 Å². The average Bonchev–Trinajstić information content (AvgIpc) is 3.21. The molecule has 1 N–H and O–H groups in total. The first-order chi connectivity index (χ1) is 10.1. The molecule has 2 amide bonds. The first-order valence-corrected chi connectivity index (χ1v) is 8.44. The van der Waals surface area contributed by atoms with Crippen LogP contribution in [0.4, 0.5) is 0 Å². The molecule has 3 unspecified atom stereocenters. The molecule has 3 heterocycles. The number of carbonyl (C=O) groups is 2. The lowest BCUT2D eigenvalue weighted by molar-refractivity contribution is -0.139. The standard InChI is InChI=1S/C16H25N3O2/c1-18-12-4-5-13(18)7-10(6-12)9-17-14-8-15(20)19(16(14)21)11-2-3-11/h10-14,17H,2-9H2,1H3. The highest BCUT2D eigenvalue weighted by Crippen LogP contribution is 2.37. The fourth-order valence-corrected chi connectivity index (χ4v) is 4.53. The molecule has 5 heteroatoms. The van der Waals surface area contributed by atoms with Crippen molar-refractivity contribution in [2.45, 2.75) is 69.1 Å². The lowest BCUT2D eigenvalue weighted by Crippen LogP contribution is -2.45. The van der Waals surface area contributed by atoms with Crippen molar-refractivity contribution in [1.82, 2.24) is 15.1 Å². The molecule has 0 aromatic carbocycles. The van der Waals surface area contributed by atoms with E-state index in [0.29, 0.717) is 12.3 Å². The van der Waals surface area contributed by atoms with Crippen LogP contribution in [-0.2, 0) is 9.59 Å². The number of imide groups is 1. The molecule has 4 aliphatic rings. The van der Waals surface area contributed by atoms with Gasteiger partial charge in [0.05, 0.1) is 12.5 Å². The quantitative estimate of drug-likeness (QED) is 0.776. The summed E-state index contributed by atoms with van der Waals surface area (Å²) in [6.45, 7) is 0.892. The number of nitrogens with zero attached hydrogens (tertiary/aromatic N) is 2. The molecule has 3 aliphatic heterocycles. The Morgan fingerprint density at radius 1 is 1.05 bits per heavy atom. The third kappa shape index (κ3) is 2.40. The highest BCUT2D eigenvalue weighted by Gasteiger charge is 2.46. The molecule has 4 rings (SSSR count). The normalized spacial score (nSPS) is 40.3. The van der Waals surface area contributed by atoms with Gasteiger partial charge in [0.25, 0.3) is 0 Å². The van der Waals surface area contributed by atoms with Crippen molar-refractivity contribution in [2.75, 3.05) is 13.6 Å². The second kappa shape index (κ2) is 5.06. The summed E-state index contributed by atoms with van der Waals surface area (Å²) in [6.07, 6.45) is 7.50. The molecular weight excluding hydrogens is 266 g/mol. The summed E-state index contributed by atoms with van der Waals surface area (Å²) in [5, 5.41) is 3.40. The van der Waals surface area contributed by atoms with E-state index in [1.807, 2.05) is 0 Å². The van der Waals surface area contributed by atoms with E-state index < -0.39 is 0 Å². The van der Waals surface area contributed by atoms with E-state index in [2.05, 4.69) is 17.3 Å². The second-order valence-corrected chi connectivity index (χ2v) is 7.39. The third-order valence-corrected chi connectivity index (χ3v) is 5.94. The maximum Gasteiger partial charge on any atom is 0.247 e. The molecule has 0 radical (unpaired) electrons. The molecule has 2 bridgehead atoms. The van der Waals surface area contributed by atoms with Crippen LogP contribution in [0.5, 0.6) is 0 Å². The number of carbonyl (C=O) groups excluding carboxylic acids is 2. The zero-order valence-electron chi connectivity index (χ0n) is 12.8. The van der Waals surface area contributed by atoms with Gasteiger partial charge in [-0.05, 0) is 58.0 Å². The molecule has 116 valence electrons. The minimum Gasteiger partial charge on any atom is -0.305 e. The van der Waals surface area contributed by atoms with Gasteiger partial charge in [-0.2, -0.15) is 0 Å². The number of nitrogens with one attached hydrogen (secondary N) is 1. The van der Waals surface area contributed by atoms with Crippen molar-refractivity contribution in [3.05, 3.63) is 0 Å². The Morgan fingerprint density at radius 2 is 1.67 bits per heavy atom. The van der Waals surface area contributed by atoms with Gasteiger partial charge in [0, 0.05) is 18.1 Å². The number of fused-ring (bicyclic) bond motifs is 2. The van der Waals surface area contributed by atoms with E-state index in [0.717, 1.165) is 31.5 Å². The van der Waals surface area contributed by atoms with Crippen LogP contribution < -0.4 is 5.32 Å². The molecule has 0 spiro atoms. The maximum absolute atomic E-state index is 12.3. The summed E-state index contributed by atoms with van der Waals surface area (Å²) >= 11 is 0. The van der Waals surface area contributed by atoms with Crippen LogP contribution in [0.2, 0.25) is 0 Å². The Morgan fingerprint density at radius 3 is 2.29 bits per heavy atom. The average molecular weight is 291 g/mol. The van der Waals surface area contributed by atoms with Gasteiger partial charge >= 0.3 is 0 Å². The highest BCUT2D eigenvalue weighted by molar-refractivity contribution is 6.06. The number of amides is 2. The van der Waals surface area contributed by atoms with Crippen molar-refractivity contribution in [3.8, 4) is 0 Å². The zero-order chi connectivity index (χ0) is 14.6. The topological polar surface area (TPSA) is 52.7 Å². The van der Waals surface area contributed by atoms with Crippen molar-refractivity contribution in [2.24, 2.45) is 5.92 Å². The smallest absolute Gasteiger partial charge is 0.247 e. The SMILES string of the molecule is CN1C2CCC1CC(CNC1CC(=O)N(C3CC3)C1=O)C2. The number of hydrogen-bond acceptors (Lipinski definition) is 4. The van der Waals surface area contributed by atoms with E-state index >= 15 is 0 Å². The first-order valence-electron chi connectivity index (χ1n) is 8.44. The van der Waals surface area contributed by atoms with Crippen molar-refractivity contribution in [3.63, 3.8) is 0 Å². The summed E-state index contributed by atoms with van der Waals surface area (Å²) in [6, 6.07) is 1.44. The largest absolute Gasteiger partial charge is 0.305 e. The Labute approximate surface area is 126 Å². The van der Waals surface area contributed by atoms with Crippen molar-refractivity contribution in [1.29, 1.82) is 0 Å². The lowest BCUT2D eigenvalue weighted by Gasteiger charge is -2.36. The minimum atomic E-state index is -0.254. The Bertz CT molecular complexity index is 448. The summed E-state index contributed by atoms with van der Waals surface area (Å²) < 4.78 is 0. The van der Waals surface area contributed by atoms with Gasteiger partial charge in [-0.15, -0.1) is 0 Å².